The zero-order valence-electron chi connectivity index (χ0n) is 15.9. The first-order valence-corrected chi connectivity index (χ1v) is 11.1. The molecule has 29 heavy (non-hydrogen) atoms. The number of hydrogen-bond donors (Lipinski definition) is 1. The van der Waals surface area contributed by atoms with E-state index in [1.165, 1.54) is 15.9 Å². The molecule has 2 aliphatic heterocycles. The summed E-state index contributed by atoms with van der Waals surface area (Å²) in [5.41, 5.74) is 1.45. The summed E-state index contributed by atoms with van der Waals surface area (Å²) in [6.45, 7) is 2.23. The van der Waals surface area contributed by atoms with Crippen LogP contribution in [-0.2, 0) is 21.4 Å². The van der Waals surface area contributed by atoms with Crippen LogP contribution < -0.4 is 0 Å². The molecule has 0 radical (unpaired) electrons. The van der Waals surface area contributed by atoms with Gasteiger partial charge in [0, 0.05) is 25.7 Å². The number of piperidine rings is 1. The Morgan fingerprint density at radius 3 is 2.45 bits per heavy atom. The summed E-state index contributed by atoms with van der Waals surface area (Å²) in [5.74, 6) is -1.66. The van der Waals surface area contributed by atoms with E-state index >= 15 is 0 Å². The number of fused-ring (bicyclic) bond motifs is 1. The van der Waals surface area contributed by atoms with Gasteiger partial charge in [-0.15, -0.1) is 0 Å². The van der Waals surface area contributed by atoms with Crippen molar-refractivity contribution in [1.29, 1.82) is 0 Å². The van der Waals surface area contributed by atoms with Crippen LogP contribution in [0.4, 0.5) is 4.39 Å². The molecule has 154 valence electrons. The molecule has 1 N–H and O–H groups in total. The van der Waals surface area contributed by atoms with Crippen LogP contribution in [0.1, 0.15) is 36.4 Å². The summed E-state index contributed by atoms with van der Waals surface area (Å²) in [7, 11) is -3.85. The standard InChI is InChI=1S/C21H23FN2O4S/c22-16-6-7-20-18(12-16)19(13-21(25)26)24(29(20,27)28)17-8-10-23(11-9-17)14-15-4-2-1-3-5-15/h1-7,12,17,19H,8-11,13-14H2,(H,25,26)/t19-/m0/s1. The molecule has 8 heteroatoms. The molecule has 1 saturated heterocycles. The third kappa shape index (κ3) is 3.92. The average molecular weight is 418 g/mol. The monoisotopic (exact) mass is 418 g/mol. The highest BCUT2D eigenvalue weighted by Gasteiger charge is 2.47. The minimum atomic E-state index is -3.85. The molecule has 0 amide bonds. The predicted octanol–water partition coefficient (Wildman–Crippen LogP) is 3.01. The van der Waals surface area contributed by atoms with E-state index in [-0.39, 0.29) is 22.9 Å². The third-order valence-electron chi connectivity index (χ3n) is 5.73. The fourth-order valence-corrected chi connectivity index (χ4v) is 6.51. The van der Waals surface area contributed by atoms with E-state index in [1.807, 2.05) is 18.2 Å². The van der Waals surface area contributed by atoms with E-state index in [0.29, 0.717) is 12.8 Å². The first-order chi connectivity index (χ1) is 13.9. The Hall–Kier alpha value is -2.29. The van der Waals surface area contributed by atoms with Crippen LogP contribution in [-0.4, -0.2) is 47.8 Å². The summed E-state index contributed by atoms with van der Waals surface area (Å²) >= 11 is 0. The predicted molar refractivity (Wildman–Crippen MR) is 105 cm³/mol. The number of nitrogens with zero attached hydrogens (tertiary/aromatic N) is 2. The second kappa shape index (κ2) is 7.85. The quantitative estimate of drug-likeness (QED) is 0.808. The lowest BCUT2D eigenvalue weighted by Gasteiger charge is -2.38. The van der Waals surface area contributed by atoms with Gasteiger partial charge in [0.15, 0.2) is 0 Å². The highest BCUT2D eigenvalue weighted by Crippen LogP contribution is 2.44. The molecule has 0 saturated carbocycles. The van der Waals surface area contributed by atoms with Gasteiger partial charge >= 0.3 is 5.97 Å². The largest absolute Gasteiger partial charge is 0.481 e. The van der Waals surface area contributed by atoms with Crippen LogP contribution in [0, 0.1) is 5.82 Å². The molecule has 1 atom stereocenters. The molecule has 0 spiro atoms. The molecule has 2 aromatic carbocycles. The summed E-state index contributed by atoms with van der Waals surface area (Å²) in [5, 5.41) is 9.34. The molecule has 2 heterocycles. The minimum Gasteiger partial charge on any atom is -0.481 e. The number of aliphatic carboxylic acids is 1. The molecule has 1 fully saturated rings. The van der Waals surface area contributed by atoms with Gasteiger partial charge in [-0.1, -0.05) is 30.3 Å². The second-order valence-corrected chi connectivity index (χ2v) is 9.44. The van der Waals surface area contributed by atoms with Gasteiger partial charge in [0.2, 0.25) is 10.0 Å². The average Bonchev–Trinajstić information content (AvgIpc) is 2.89. The Morgan fingerprint density at radius 1 is 1.10 bits per heavy atom. The molecule has 0 aliphatic carbocycles. The maximum absolute atomic E-state index is 13.8. The van der Waals surface area contributed by atoms with Gasteiger partial charge < -0.3 is 5.11 Å². The maximum atomic E-state index is 13.8. The van der Waals surface area contributed by atoms with Crippen molar-refractivity contribution in [2.24, 2.45) is 0 Å². The molecular weight excluding hydrogens is 395 g/mol. The summed E-state index contributed by atoms with van der Waals surface area (Å²) in [6, 6.07) is 12.4. The van der Waals surface area contributed by atoms with Gasteiger partial charge in [0.25, 0.3) is 0 Å². The van der Waals surface area contributed by atoms with E-state index in [9.17, 15) is 22.7 Å². The van der Waals surface area contributed by atoms with Crippen molar-refractivity contribution in [2.75, 3.05) is 13.1 Å². The molecule has 6 nitrogen and oxygen atoms in total. The summed E-state index contributed by atoms with van der Waals surface area (Å²) in [4.78, 5) is 13.7. The topological polar surface area (TPSA) is 77.9 Å². The molecule has 2 aromatic rings. The van der Waals surface area contributed by atoms with E-state index in [1.54, 1.807) is 0 Å². The fraction of sp³-hybridized carbons (Fsp3) is 0.381. The van der Waals surface area contributed by atoms with Crippen molar-refractivity contribution >= 4 is 16.0 Å². The van der Waals surface area contributed by atoms with E-state index in [0.717, 1.165) is 31.8 Å². The van der Waals surface area contributed by atoms with Crippen LogP contribution in [0.5, 0.6) is 0 Å². The molecule has 0 aromatic heterocycles. The van der Waals surface area contributed by atoms with Gasteiger partial charge in [-0.05, 0) is 42.2 Å². The first-order valence-electron chi connectivity index (χ1n) is 9.67. The Labute approximate surface area is 169 Å². The van der Waals surface area contributed by atoms with Gasteiger partial charge in [0.1, 0.15) is 5.82 Å². The van der Waals surface area contributed by atoms with Crippen LogP contribution >= 0.6 is 0 Å². The Balaban J connectivity index is 1.55. The normalized spacial score (nSPS) is 22.4. The number of rotatable bonds is 5. The van der Waals surface area contributed by atoms with Gasteiger partial charge in [0.05, 0.1) is 17.4 Å². The van der Waals surface area contributed by atoms with Gasteiger partial charge in [-0.2, -0.15) is 4.31 Å². The second-order valence-electron chi connectivity index (χ2n) is 7.62. The van der Waals surface area contributed by atoms with Gasteiger partial charge in [-0.25, -0.2) is 12.8 Å². The number of sulfonamides is 1. The lowest BCUT2D eigenvalue weighted by atomic mass is 9.98. The summed E-state index contributed by atoms with van der Waals surface area (Å²) < 4.78 is 41.4. The van der Waals surface area contributed by atoms with E-state index in [2.05, 4.69) is 17.0 Å². The Morgan fingerprint density at radius 2 is 1.79 bits per heavy atom. The van der Waals surface area contributed by atoms with Crippen molar-refractivity contribution in [3.8, 4) is 0 Å². The molecule has 0 bridgehead atoms. The van der Waals surface area contributed by atoms with Crippen molar-refractivity contribution in [3.63, 3.8) is 0 Å². The Kier molecular flexibility index (Phi) is 5.42. The molecule has 2 aliphatic rings. The molecule has 4 rings (SSSR count). The van der Waals surface area contributed by atoms with Crippen molar-refractivity contribution in [2.45, 2.75) is 42.8 Å². The number of likely N-dealkylation sites (tertiary alicyclic amines) is 1. The number of benzene rings is 2. The third-order valence-corrected chi connectivity index (χ3v) is 7.76. The summed E-state index contributed by atoms with van der Waals surface area (Å²) in [6.07, 6.45) is 0.844. The number of carboxylic acids is 1. The van der Waals surface area contributed by atoms with Crippen molar-refractivity contribution < 1.29 is 22.7 Å². The molecular formula is C21H23FN2O4S. The number of carboxylic acid groups (broad SMARTS) is 1. The highest BCUT2D eigenvalue weighted by molar-refractivity contribution is 7.89. The SMILES string of the molecule is O=C(O)C[C@H]1c2cc(F)ccc2S(=O)(=O)N1C1CCN(Cc2ccccc2)CC1. The van der Waals surface area contributed by atoms with Crippen molar-refractivity contribution in [1.82, 2.24) is 9.21 Å². The first kappa shape index (κ1) is 20.0. The lowest BCUT2D eigenvalue weighted by molar-refractivity contribution is -0.138. The maximum Gasteiger partial charge on any atom is 0.305 e. The van der Waals surface area contributed by atoms with Crippen LogP contribution in [0.3, 0.4) is 0 Å². The number of carbonyl (C=O) groups is 1. The van der Waals surface area contributed by atoms with Crippen molar-refractivity contribution in [3.05, 3.63) is 65.5 Å². The fourth-order valence-electron chi connectivity index (χ4n) is 4.42. The van der Waals surface area contributed by atoms with Gasteiger partial charge in [-0.3, -0.25) is 9.69 Å². The zero-order valence-corrected chi connectivity index (χ0v) is 16.7. The Bertz CT molecular complexity index is 1000. The number of halogens is 1. The van der Waals surface area contributed by atoms with E-state index in [4.69, 9.17) is 0 Å². The van der Waals surface area contributed by atoms with E-state index < -0.39 is 27.9 Å². The molecule has 0 unspecified atom stereocenters. The smallest absolute Gasteiger partial charge is 0.305 e. The van der Waals surface area contributed by atoms with Crippen LogP contribution in [0.25, 0.3) is 0 Å². The van der Waals surface area contributed by atoms with Crippen LogP contribution in [0.2, 0.25) is 0 Å². The number of hydrogen-bond acceptors (Lipinski definition) is 4. The lowest BCUT2D eigenvalue weighted by Crippen LogP contribution is -2.46. The van der Waals surface area contributed by atoms with Crippen LogP contribution in [0.15, 0.2) is 53.4 Å². The highest BCUT2D eigenvalue weighted by atomic mass is 32.2. The zero-order chi connectivity index (χ0) is 20.6. The minimum absolute atomic E-state index is 0.0249.